The van der Waals surface area contributed by atoms with Gasteiger partial charge in [-0.15, -0.1) is 11.8 Å². The van der Waals surface area contributed by atoms with Crippen molar-refractivity contribution < 1.29 is 4.79 Å². The molecule has 0 amide bonds. The Kier molecular flexibility index (Phi) is 3.23. The molecule has 1 fully saturated rings. The topological polar surface area (TPSA) is 30.0 Å². The molecule has 1 aliphatic carbocycles. The van der Waals surface area contributed by atoms with E-state index in [1.807, 2.05) is 12.1 Å². The van der Waals surface area contributed by atoms with Crippen LogP contribution in [0.2, 0.25) is 0 Å². The fourth-order valence-electron chi connectivity index (χ4n) is 1.48. The average molecular weight is 272 g/mol. The minimum atomic E-state index is 0.389. The molecule has 2 rings (SSSR count). The van der Waals surface area contributed by atoms with E-state index in [9.17, 15) is 4.79 Å². The van der Waals surface area contributed by atoms with Crippen LogP contribution in [0.25, 0.3) is 0 Å². The van der Waals surface area contributed by atoms with Gasteiger partial charge in [-0.05, 0) is 34.5 Å². The highest BCUT2D eigenvalue weighted by atomic mass is 79.9. The first-order valence-electron chi connectivity index (χ1n) is 4.54. The number of Topliss-reactive ketones (excluding diaryl/α,β-unsaturated/α-hetero) is 1. The summed E-state index contributed by atoms with van der Waals surface area (Å²) in [7, 11) is 0. The van der Waals surface area contributed by atoms with Crippen molar-refractivity contribution in [2.24, 2.45) is 0 Å². The van der Waals surface area contributed by atoms with Gasteiger partial charge in [0, 0.05) is 28.8 Å². The van der Waals surface area contributed by atoms with Crippen molar-refractivity contribution in [3.05, 3.63) is 22.8 Å². The van der Waals surface area contributed by atoms with Gasteiger partial charge in [-0.25, -0.2) is 4.98 Å². The molecule has 1 aromatic heterocycles. The molecule has 14 heavy (non-hydrogen) atoms. The summed E-state index contributed by atoms with van der Waals surface area (Å²) in [4.78, 5) is 15.3. The van der Waals surface area contributed by atoms with Crippen molar-refractivity contribution in [3.8, 4) is 0 Å². The van der Waals surface area contributed by atoms with Crippen molar-refractivity contribution >= 4 is 33.5 Å². The Labute approximate surface area is 95.6 Å². The molecule has 0 spiro atoms. The lowest BCUT2D eigenvalue weighted by atomic mass is 10.4. The first kappa shape index (κ1) is 10.2. The molecule has 0 aliphatic heterocycles. The number of aromatic nitrogens is 1. The molecule has 1 unspecified atom stereocenters. The van der Waals surface area contributed by atoms with Crippen LogP contribution in [0, 0.1) is 0 Å². The van der Waals surface area contributed by atoms with Crippen LogP contribution in [0.5, 0.6) is 0 Å². The third-order valence-corrected chi connectivity index (χ3v) is 3.88. The normalized spacial score (nSPS) is 21.5. The van der Waals surface area contributed by atoms with Gasteiger partial charge in [0.15, 0.2) is 0 Å². The van der Waals surface area contributed by atoms with Crippen LogP contribution in [0.4, 0.5) is 0 Å². The summed E-state index contributed by atoms with van der Waals surface area (Å²) in [5, 5.41) is 1.45. The monoisotopic (exact) mass is 271 g/mol. The fraction of sp³-hybridized carbons (Fsp3) is 0.400. The zero-order chi connectivity index (χ0) is 9.97. The summed E-state index contributed by atoms with van der Waals surface area (Å²) in [5.41, 5.74) is 0. The Morgan fingerprint density at radius 3 is 2.93 bits per heavy atom. The number of nitrogens with zero attached hydrogens (tertiary/aromatic N) is 1. The lowest BCUT2D eigenvalue weighted by Crippen LogP contribution is -1.96. The van der Waals surface area contributed by atoms with E-state index in [0.717, 1.165) is 22.3 Å². The molecule has 1 atom stereocenters. The summed E-state index contributed by atoms with van der Waals surface area (Å²) in [5.74, 6) is 0.389. The van der Waals surface area contributed by atoms with E-state index in [1.54, 1.807) is 18.0 Å². The van der Waals surface area contributed by atoms with Crippen molar-refractivity contribution in [1.82, 2.24) is 4.98 Å². The smallest absolute Gasteiger partial charge is 0.134 e. The minimum Gasteiger partial charge on any atom is -0.300 e. The second kappa shape index (κ2) is 4.45. The van der Waals surface area contributed by atoms with E-state index < -0.39 is 0 Å². The summed E-state index contributed by atoms with van der Waals surface area (Å²) in [6.45, 7) is 0. The lowest BCUT2D eigenvalue weighted by molar-refractivity contribution is -0.117. The predicted molar refractivity (Wildman–Crippen MR) is 60.4 cm³/mol. The third kappa shape index (κ3) is 2.58. The van der Waals surface area contributed by atoms with Gasteiger partial charge in [0.25, 0.3) is 0 Å². The number of rotatable bonds is 2. The molecule has 2 nitrogen and oxygen atoms in total. The molecule has 74 valence electrons. The van der Waals surface area contributed by atoms with E-state index in [4.69, 9.17) is 0 Å². The van der Waals surface area contributed by atoms with Crippen LogP contribution < -0.4 is 0 Å². The third-order valence-electron chi connectivity index (χ3n) is 2.19. The van der Waals surface area contributed by atoms with Crippen LogP contribution in [0.15, 0.2) is 27.8 Å². The zero-order valence-corrected chi connectivity index (χ0v) is 9.97. The Bertz CT molecular complexity index is 338. The number of pyridine rings is 1. The van der Waals surface area contributed by atoms with Crippen LogP contribution in [-0.2, 0) is 4.79 Å². The van der Waals surface area contributed by atoms with Gasteiger partial charge in [-0.3, -0.25) is 4.79 Å². The van der Waals surface area contributed by atoms with Gasteiger partial charge in [-0.1, -0.05) is 0 Å². The molecule has 1 heterocycles. The summed E-state index contributed by atoms with van der Waals surface area (Å²) >= 11 is 5.05. The lowest BCUT2D eigenvalue weighted by Gasteiger charge is -2.06. The number of carbonyl (C=O) groups excluding carboxylic acids is 1. The SMILES string of the molecule is O=C1CCC(Sc2ccc(Br)cn2)C1. The second-order valence-electron chi connectivity index (χ2n) is 3.34. The maximum Gasteiger partial charge on any atom is 0.134 e. The Morgan fingerprint density at radius 1 is 1.50 bits per heavy atom. The molecule has 0 N–H and O–H groups in total. The molecule has 1 aromatic rings. The maximum atomic E-state index is 11.1. The quantitative estimate of drug-likeness (QED) is 0.828. The largest absolute Gasteiger partial charge is 0.300 e. The van der Waals surface area contributed by atoms with Gasteiger partial charge in [0.1, 0.15) is 5.78 Å². The summed E-state index contributed by atoms with van der Waals surface area (Å²) < 4.78 is 0.990. The molecule has 0 radical (unpaired) electrons. The number of hydrogen-bond donors (Lipinski definition) is 0. The van der Waals surface area contributed by atoms with Crippen LogP contribution in [-0.4, -0.2) is 16.0 Å². The summed E-state index contributed by atoms with van der Waals surface area (Å²) in [6.07, 6.45) is 4.25. The Balaban J connectivity index is 1.97. The molecule has 1 aliphatic rings. The highest BCUT2D eigenvalue weighted by Gasteiger charge is 2.23. The van der Waals surface area contributed by atoms with Crippen LogP contribution >= 0.6 is 27.7 Å². The van der Waals surface area contributed by atoms with E-state index >= 15 is 0 Å². The molecule has 4 heteroatoms. The molecule has 1 saturated carbocycles. The molecule has 0 bridgehead atoms. The first-order chi connectivity index (χ1) is 6.74. The van der Waals surface area contributed by atoms with E-state index in [2.05, 4.69) is 20.9 Å². The van der Waals surface area contributed by atoms with Gasteiger partial charge >= 0.3 is 0 Å². The van der Waals surface area contributed by atoms with E-state index in [0.29, 0.717) is 17.5 Å². The van der Waals surface area contributed by atoms with Crippen LogP contribution in [0.3, 0.4) is 0 Å². The Morgan fingerprint density at radius 2 is 2.36 bits per heavy atom. The first-order valence-corrected chi connectivity index (χ1v) is 6.21. The number of carbonyl (C=O) groups is 1. The molecule has 0 saturated heterocycles. The Hall–Kier alpha value is -0.350. The van der Waals surface area contributed by atoms with Gasteiger partial charge in [0.05, 0.1) is 5.03 Å². The predicted octanol–water partition coefficient (Wildman–Crippen LogP) is 3.06. The number of hydrogen-bond acceptors (Lipinski definition) is 3. The standard InChI is InChI=1S/C10H10BrNOS/c11-7-1-4-10(12-6-7)14-9-3-2-8(13)5-9/h1,4,6,9H,2-3,5H2. The minimum absolute atomic E-state index is 0.389. The average Bonchev–Trinajstić information content (AvgIpc) is 2.56. The van der Waals surface area contributed by atoms with Crippen molar-refractivity contribution in [2.45, 2.75) is 29.5 Å². The number of ketones is 1. The highest BCUT2D eigenvalue weighted by Crippen LogP contribution is 2.32. The van der Waals surface area contributed by atoms with Crippen molar-refractivity contribution in [1.29, 1.82) is 0 Å². The highest BCUT2D eigenvalue weighted by molar-refractivity contribution is 9.10. The number of halogens is 1. The summed E-state index contributed by atoms with van der Waals surface area (Å²) in [6, 6.07) is 3.96. The fourth-order valence-corrected chi connectivity index (χ4v) is 2.82. The number of thioether (sulfide) groups is 1. The van der Waals surface area contributed by atoms with Gasteiger partial charge in [-0.2, -0.15) is 0 Å². The second-order valence-corrected chi connectivity index (χ2v) is 5.57. The molecular weight excluding hydrogens is 262 g/mol. The molecule has 0 aromatic carbocycles. The van der Waals surface area contributed by atoms with Crippen LogP contribution in [0.1, 0.15) is 19.3 Å². The van der Waals surface area contributed by atoms with Crippen molar-refractivity contribution in [2.75, 3.05) is 0 Å². The van der Waals surface area contributed by atoms with Gasteiger partial charge in [0.2, 0.25) is 0 Å². The zero-order valence-electron chi connectivity index (χ0n) is 7.57. The maximum absolute atomic E-state index is 11.1. The van der Waals surface area contributed by atoms with Crippen molar-refractivity contribution in [3.63, 3.8) is 0 Å². The molecular formula is C10H10BrNOS. The van der Waals surface area contributed by atoms with E-state index in [-0.39, 0.29) is 0 Å². The van der Waals surface area contributed by atoms with E-state index in [1.165, 1.54) is 0 Å². The van der Waals surface area contributed by atoms with Gasteiger partial charge < -0.3 is 0 Å².